The third kappa shape index (κ3) is 5.10. The van der Waals surface area contributed by atoms with Gasteiger partial charge in [-0.2, -0.15) is 0 Å². The van der Waals surface area contributed by atoms with Crippen LogP contribution in [0.25, 0.3) is 0 Å². The van der Waals surface area contributed by atoms with Gasteiger partial charge in [-0.25, -0.2) is 4.39 Å². The Morgan fingerprint density at radius 3 is 2.30 bits per heavy atom. The minimum atomic E-state index is -0.393. The summed E-state index contributed by atoms with van der Waals surface area (Å²) in [5.74, 6) is -0.455. The maximum Gasteiger partial charge on any atom is 0.251 e. The molecule has 0 saturated carbocycles. The van der Waals surface area contributed by atoms with Gasteiger partial charge in [0.05, 0.1) is 13.2 Å². The van der Waals surface area contributed by atoms with Crippen molar-refractivity contribution >= 4 is 17.5 Å². The van der Waals surface area contributed by atoms with Crippen molar-refractivity contribution < 1.29 is 18.7 Å². The lowest BCUT2D eigenvalue weighted by atomic mass is 10.2. The zero-order chi connectivity index (χ0) is 16.7. The molecule has 2 aromatic rings. The Morgan fingerprint density at radius 1 is 1.04 bits per heavy atom. The summed E-state index contributed by atoms with van der Waals surface area (Å²) in [6, 6.07) is 12.0. The molecule has 2 N–H and O–H groups in total. The Balaban J connectivity index is 1.83. The SMILES string of the molecule is CCOc1ccc(C(=O)NCC(=O)Nc2ccc(F)cc2)cc1. The Labute approximate surface area is 133 Å². The number of hydrogen-bond acceptors (Lipinski definition) is 3. The minimum absolute atomic E-state index is 0.177. The van der Waals surface area contributed by atoms with Crippen molar-refractivity contribution in [1.29, 1.82) is 0 Å². The van der Waals surface area contributed by atoms with Gasteiger partial charge in [0.1, 0.15) is 11.6 Å². The van der Waals surface area contributed by atoms with Crippen LogP contribution in [0.2, 0.25) is 0 Å². The first kappa shape index (κ1) is 16.5. The molecule has 0 radical (unpaired) electrons. The van der Waals surface area contributed by atoms with Gasteiger partial charge in [-0.3, -0.25) is 9.59 Å². The number of ether oxygens (including phenoxy) is 1. The average molecular weight is 316 g/mol. The molecule has 0 aliphatic heterocycles. The van der Waals surface area contributed by atoms with E-state index in [4.69, 9.17) is 4.74 Å². The minimum Gasteiger partial charge on any atom is -0.494 e. The lowest BCUT2D eigenvalue weighted by Crippen LogP contribution is -2.32. The van der Waals surface area contributed by atoms with Gasteiger partial charge in [0.2, 0.25) is 5.91 Å². The molecular formula is C17H17FN2O3. The van der Waals surface area contributed by atoms with Crippen molar-refractivity contribution in [3.05, 3.63) is 59.9 Å². The number of halogens is 1. The molecule has 6 heteroatoms. The van der Waals surface area contributed by atoms with Gasteiger partial charge in [-0.05, 0) is 55.5 Å². The highest BCUT2D eigenvalue weighted by Crippen LogP contribution is 2.12. The Morgan fingerprint density at radius 2 is 1.70 bits per heavy atom. The van der Waals surface area contributed by atoms with Crippen LogP contribution in [0.15, 0.2) is 48.5 Å². The number of anilines is 1. The van der Waals surface area contributed by atoms with E-state index in [1.807, 2.05) is 6.92 Å². The largest absolute Gasteiger partial charge is 0.494 e. The topological polar surface area (TPSA) is 67.4 Å². The third-order valence-corrected chi connectivity index (χ3v) is 2.96. The second kappa shape index (κ2) is 7.93. The first-order valence-electron chi connectivity index (χ1n) is 7.15. The summed E-state index contributed by atoms with van der Waals surface area (Å²) in [5.41, 5.74) is 0.898. The van der Waals surface area contributed by atoms with Crippen LogP contribution >= 0.6 is 0 Å². The second-order valence-electron chi connectivity index (χ2n) is 4.70. The quantitative estimate of drug-likeness (QED) is 0.861. The van der Waals surface area contributed by atoms with Gasteiger partial charge in [0, 0.05) is 11.3 Å². The maximum atomic E-state index is 12.8. The van der Waals surface area contributed by atoms with E-state index in [1.54, 1.807) is 24.3 Å². The maximum absolute atomic E-state index is 12.8. The summed E-state index contributed by atoms with van der Waals surface area (Å²) < 4.78 is 18.1. The molecule has 120 valence electrons. The van der Waals surface area contributed by atoms with Crippen LogP contribution in [0, 0.1) is 5.82 Å². The Bertz CT molecular complexity index is 669. The molecule has 2 rings (SSSR count). The van der Waals surface area contributed by atoms with E-state index in [1.165, 1.54) is 24.3 Å². The molecule has 0 fully saturated rings. The molecule has 0 aromatic heterocycles. The monoisotopic (exact) mass is 316 g/mol. The number of nitrogens with one attached hydrogen (secondary N) is 2. The molecule has 0 bridgehead atoms. The molecule has 0 atom stereocenters. The summed E-state index contributed by atoms with van der Waals surface area (Å²) in [7, 11) is 0. The van der Waals surface area contributed by atoms with E-state index in [9.17, 15) is 14.0 Å². The van der Waals surface area contributed by atoms with Crippen LogP contribution in [0.1, 0.15) is 17.3 Å². The molecule has 0 spiro atoms. The highest BCUT2D eigenvalue weighted by atomic mass is 19.1. The Kier molecular flexibility index (Phi) is 5.68. The molecule has 0 heterocycles. The van der Waals surface area contributed by atoms with Crippen molar-refractivity contribution in [2.75, 3.05) is 18.5 Å². The van der Waals surface area contributed by atoms with Crippen molar-refractivity contribution in [3.63, 3.8) is 0 Å². The van der Waals surface area contributed by atoms with Crippen LogP contribution in [-0.4, -0.2) is 25.0 Å². The van der Waals surface area contributed by atoms with Crippen LogP contribution in [0.5, 0.6) is 5.75 Å². The van der Waals surface area contributed by atoms with Crippen LogP contribution in [0.4, 0.5) is 10.1 Å². The van der Waals surface area contributed by atoms with Gasteiger partial charge < -0.3 is 15.4 Å². The number of carbonyl (C=O) groups is 2. The molecule has 2 amide bonds. The summed E-state index contributed by atoms with van der Waals surface area (Å²) in [5, 5.41) is 5.08. The number of benzene rings is 2. The fourth-order valence-electron chi connectivity index (χ4n) is 1.87. The van der Waals surface area contributed by atoms with Crippen molar-refractivity contribution in [2.24, 2.45) is 0 Å². The smallest absolute Gasteiger partial charge is 0.251 e. The zero-order valence-corrected chi connectivity index (χ0v) is 12.6. The number of rotatable bonds is 6. The fourth-order valence-corrected chi connectivity index (χ4v) is 1.87. The van der Waals surface area contributed by atoms with E-state index >= 15 is 0 Å². The van der Waals surface area contributed by atoms with Gasteiger partial charge in [0.15, 0.2) is 0 Å². The van der Waals surface area contributed by atoms with Crippen molar-refractivity contribution in [2.45, 2.75) is 6.92 Å². The zero-order valence-electron chi connectivity index (χ0n) is 12.6. The molecule has 2 aromatic carbocycles. The van der Waals surface area contributed by atoms with Gasteiger partial charge in [-0.15, -0.1) is 0 Å². The number of carbonyl (C=O) groups excluding carboxylic acids is 2. The highest BCUT2D eigenvalue weighted by molar-refractivity contribution is 5.99. The van der Waals surface area contributed by atoms with E-state index in [0.717, 1.165) is 0 Å². The number of hydrogen-bond donors (Lipinski definition) is 2. The number of amides is 2. The average Bonchev–Trinajstić information content (AvgIpc) is 2.56. The first-order chi connectivity index (χ1) is 11.1. The standard InChI is InChI=1S/C17H17FN2O3/c1-2-23-15-9-3-12(4-10-15)17(22)19-11-16(21)20-14-7-5-13(18)6-8-14/h3-10H,2,11H2,1H3,(H,19,22)(H,20,21). The van der Waals surface area contributed by atoms with E-state index in [2.05, 4.69) is 10.6 Å². The molecule has 0 aliphatic rings. The predicted molar refractivity (Wildman–Crippen MR) is 85.0 cm³/mol. The second-order valence-corrected chi connectivity index (χ2v) is 4.70. The van der Waals surface area contributed by atoms with E-state index in [0.29, 0.717) is 23.6 Å². The van der Waals surface area contributed by atoms with Crippen LogP contribution in [-0.2, 0) is 4.79 Å². The summed E-state index contributed by atoms with van der Waals surface area (Å²) in [4.78, 5) is 23.7. The summed E-state index contributed by atoms with van der Waals surface area (Å²) in [6.07, 6.45) is 0. The third-order valence-electron chi connectivity index (χ3n) is 2.96. The predicted octanol–water partition coefficient (Wildman–Crippen LogP) is 2.59. The summed E-state index contributed by atoms with van der Waals surface area (Å²) >= 11 is 0. The van der Waals surface area contributed by atoms with Crippen molar-refractivity contribution in [3.8, 4) is 5.75 Å². The highest BCUT2D eigenvalue weighted by Gasteiger charge is 2.08. The molecular weight excluding hydrogens is 299 g/mol. The van der Waals surface area contributed by atoms with Gasteiger partial charge in [-0.1, -0.05) is 0 Å². The van der Waals surface area contributed by atoms with Crippen LogP contribution < -0.4 is 15.4 Å². The molecule has 0 unspecified atom stereocenters. The molecule has 0 saturated heterocycles. The summed E-state index contributed by atoms with van der Waals surface area (Å²) in [6.45, 7) is 2.25. The van der Waals surface area contributed by atoms with Gasteiger partial charge in [0.25, 0.3) is 5.91 Å². The Hall–Kier alpha value is -2.89. The van der Waals surface area contributed by atoms with E-state index < -0.39 is 5.91 Å². The lowest BCUT2D eigenvalue weighted by Gasteiger charge is -2.08. The normalized spacial score (nSPS) is 10.0. The lowest BCUT2D eigenvalue weighted by molar-refractivity contribution is -0.115. The van der Waals surface area contributed by atoms with Crippen molar-refractivity contribution in [1.82, 2.24) is 5.32 Å². The van der Waals surface area contributed by atoms with Gasteiger partial charge >= 0.3 is 0 Å². The molecule has 0 aliphatic carbocycles. The van der Waals surface area contributed by atoms with Crippen LogP contribution in [0.3, 0.4) is 0 Å². The molecule has 5 nitrogen and oxygen atoms in total. The first-order valence-corrected chi connectivity index (χ1v) is 7.15. The van der Waals surface area contributed by atoms with E-state index in [-0.39, 0.29) is 18.3 Å². The molecule has 23 heavy (non-hydrogen) atoms. The fraction of sp³-hybridized carbons (Fsp3) is 0.176.